The lowest BCUT2D eigenvalue weighted by atomic mass is 10.0. The summed E-state index contributed by atoms with van der Waals surface area (Å²) in [6, 6.07) is -1.50. The lowest BCUT2D eigenvalue weighted by molar-refractivity contribution is -0.159. The maximum Gasteiger partial charge on any atom is 0.329 e. The molecular formula is C34H60N2O8. The van der Waals surface area contributed by atoms with E-state index in [0.717, 1.165) is 64.2 Å². The van der Waals surface area contributed by atoms with Crippen LogP contribution in [0.3, 0.4) is 0 Å². The number of esters is 2. The molecule has 2 amide bonds. The topological polar surface area (TPSA) is 129 Å². The molecule has 44 heavy (non-hydrogen) atoms. The highest BCUT2D eigenvalue weighted by atomic mass is 16.7. The molecule has 2 heterocycles. The second kappa shape index (κ2) is 20.8. The first-order valence-corrected chi connectivity index (χ1v) is 17.3. The van der Waals surface area contributed by atoms with E-state index in [1.165, 1.54) is 0 Å². The molecule has 0 aromatic heterocycles. The third-order valence-electron chi connectivity index (χ3n) is 8.17. The Kier molecular flexibility index (Phi) is 17.9. The summed E-state index contributed by atoms with van der Waals surface area (Å²) in [6.07, 6.45) is 9.60. The van der Waals surface area contributed by atoms with Crippen molar-refractivity contribution >= 4 is 23.8 Å². The predicted molar refractivity (Wildman–Crippen MR) is 169 cm³/mol. The Balaban J connectivity index is 1.89. The Bertz CT molecular complexity index is 809. The minimum absolute atomic E-state index is 0.110. The standard InChI is InChI=1S/C34H60N2O8/c1-7-9-11-13-15-17-29(37)35-25(19-23(3)4)33(39)43-27-21-41-32-28(22-42-31(27)32)44-34(40)26(20-24(5)6)36-30(38)18-16-14-12-10-8-2/h23-28,31-32H,7-22H2,1-6H3,(H,35,37)(H,36,38)/t25-,26-,27-,28+,31+,32+/m0/s1. The first kappa shape index (κ1) is 38.0. The maximum atomic E-state index is 13.2. The molecule has 0 spiro atoms. The highest BCUT2D eigenvalue weighted by Crippen LogP contribution is 2.31. The van der Waals surface area contributed by atoms with Crippen molar-refractivity contribution in [1.82, 2.24) is 10.6 Å². The summed E-state index contributed by atoms with van der Waals surface area (Å²) >= 11 is 0. The fourth-order valence-electron chi connectivity index (χ4n) is 5.78. The number of fused-ring (bicyclic) bond motifs is 1. The van der Waals surface area contributed by atoms with E-state index in [1.54, 1.807) is 0 Å². The van der Waals surface area contributed by atoms with Crippen LogP contribution in [0.15, 0.2) is 0 Å². The zero-order valence-electron chi connectivity index (χ0n) is 28.2. The van der Waals surface area contributed by atoms with Gasteiger partial charge in [0.1, 0.15) is 24.3 Å². The van der Waals surface area contributed by atoms with Gasteiger partial charge in [0.05, 0.1) is 13.2 Å². The summed E-state index contributed by atoms with van der Waals surface area (Å²) in [6.45, 7) is 12.5. The van der Waals surface area contributed by atoms with Crippen molar-refractivity contribution in [2.24, 2.45) is 11.8 Å². The van der Waals surface area contributed by atoms with Crippen LogP contribution in [-0.2, 0) is 38.1 Å². The minimum atomic E-state index is -0.751. The Morgan fingerprint density at radius 1 is 0.614 bits per heavy atom. The largest absolute Gasteiger partial charge is 0.455 e. The molecule has 10 heteroatoms. The summed E-state index contributed by atoms with van der Waals surface area (Å²) in [5, 5.41) is 5.75. The molecule has 0 bridgehead atoms. The molecule has 0 radical (unpaired) electrons. The van der Waals surface area contributed by atoms with Crippen molar-refractivity contribution in [3.05, 3.63) is 0 Å². The predicted octanol–water partition coefficient (Wildman–Crippen LogP) is 5.39. The van der Waals surface area contributed by atoms with E-state index in [0.29, 0.717) is 25.7 Å². The zero-order chi connectivity index (χ0) is 32.5. The van der Waals surface area contributed by atoms with Gasteiger partial charge < -0.3 is 29.6 Å². The van der Waals surface area contributed by atoms with E-state index in [2.05, 4.69) is 24.5 Å². The number of nitrogens with one attached hydrogen (secondary N) is 2. The van der Waals surface area contributed by atoms with Crippen LogP contribution in [0.1, 0.15) is 131 Å². The lowest BCUT2D eigenvalue weighted by Crippen LogP contribution is -2.46. The molecule has 2 saturated heterocycles. The van der Waals surface area contributed by atoms with E-state index >= 15 is 0 Å². The molecule has 10 nitrogen and oxygen atoms in total. The molecule has 2 N–H and O–H groups in total. The summed E-state index contributed by atoms with van der Waals surface area (Å²) in [4.78, 5) is 51.5. The normalized spacial score (nSPS) is 22.5. The van der Waals surface area contributed by atoms with Gasteiger partial charge in [-0.05, 0) is 37.5 Å². The SMILES string of the molecule is CCCCCCCC(=O)N[C@@H](CC(C)C)C(=O)O[C@H]1CO[C@H]2[C@@H]1OC[C@H]2OC(=O)[C@H](CC(C)C)NC(=O)CCCCCCC. The zero-order valence-corrected chi connectivity index (χ0v) is 28.2. The van der Waals surface area contributed by atoms with Gasteiger partial charge in [-0.2, -0.15) is 0 Å². The first-order chi connectivity index (χ1) is 21.0. The second-order valence-electron chi connectivity index (χ2n) is 13.4. The fourth-order valence-corrected chi connectivity index (χ4v) is 5.78. The molecule has 0 aromatic rings. The van der Waals surface area contributed by atoms with Gasteiger partial charge in [0.25, 0.3) is 0 Å². The molecule has 0 unspecified atom stereocenters. The summed E-state index contributed by atoms with van der Waals surface area (Å²) < 4.78 is 23.4. The molecule has 2 fully saturated rings. The van der Waals surface area contributed by atoms with Crippen molar-refractivity contribution in [3.63, 3.8) is 0 Å². The third kappa shape index (κ3) is 13.8. The van der Waals surface area contributed by atoms with E-state index in [4.69, 9.17) is 18.9 Å². The third-order valence-corrected chi connectivity index (χ3v) is 8.17. The van der Waals surface area contributed by atoms with E-state index < -0.39 is 48.4 Å². The molecule has 2 aliphatic heterocycles. The van der Waals surface area contributed by atoms with Crippen LogP contribution in [0.5, 0.6) is 0 Å². The fraction of sp³-hybridized carbons (Fsp3) is 0.882. The molecule has 0 aliphatic carbocycles. The average molecular weight is 625 g/mol. The van der Waals surface area contributed by atoms with Crippen LogP contribution >= 0.6 is 0 Å². The van der Waals surface area contributed by atoms with Gasteiger partial charge in [0, 0.05) is 12.8 Å². The van der Waals surface area contributed by atoms with E-state index in [-0.39, 0.29) is 36.9 Å². The number of amides is 2. The van der Waals surface area contributed by atoms with E-state index in [9.17, 15) is 19.2 Å². The number of carbonyl (C=O) groups excluding carboxylic acids is 4. The van der Waals surface area contributed by atoms with Gasteiger partial charge in [-0.3, -0.25) is 9.59 Å². The van der Waals surface area contributed by atoms with E-state index in [1.807, 2.05) is 27.7 Å². The van der Waals surface area contributed by atoms with Crippen LogP contribution in [0.2, 0.25) is 0 Å². The molecule has 6 atom stereocenters. The molecule has 2 rings (SSSR count). The number of unbranched alkanes of at least 4 members (excludes halogenated alkanes) is 8. The summed E-state index contributed by atoms with van der Waals surface area (Å²) in [5.74, 6) is -0.952. The second-order valence-corrected chi connectivity index (χ2v) is 13.4. The monoisotopic (exact) mass is 624 g/mol. The van der Waals surface area contributed by atoms with Crippen LogP contribution in [0, 0.1) is 11.8 Å². The van der Waals surface area contributed by atoms with Gasteiger partial charge in [-0.1, -0.05) is 92.9 Å². The Morgan fingerprint density at radius 3 is 1.32 bits per heavy atom. The average Bonchev–Trinajstić information content (AvgIpc) is 3.54. The minimum Gasteiger partial charge on any atom is -0.455 e. The van der Waals surface area contributed by atoms with Gasteiger partial charge in [-0.15, -0.1) is 0 Å². The van der Waals surface area contributed by atoms with Crippen molar-refractivity contribution in [1.29, 1.82) is 0 Å². The first-order valence-electron chi connectivity index (χ1n) is 17.3. The van der Waals surface area contributed by atoms with Crippen molar-refractivity contribution in [3.8, 4) is 0 Å². The Hall–Kier alpha value is -2.20. The highest BCUT2D eigenvalue weighted by Gasteiger charge is 2.52. The van der Waals surface area contributed by atoms with Gasteiger partial charge in [-0.25, -0.2) is 9.59 Å². The Labute approximate surface area is 265 Å². The smallest absolute Gasteiger partial charge is 0.329 e. The molecular weight excluding hydrogens is 564 g/mol. The lowest BCUT2D eigenvalue weighted by Gasteiger charge is -2.23. The number of carbonyl (C=O) groups is 4. The van der Waals surface area contributed by atoms with Crippen LogP contribution in [0.25, 0.3) is 0 Å². The quantitative estimate of drug-likeness (QED) is 0.121. The highest BCUT2D eigenvalue weighted by molar-refractivity contribution is 5.85. The van der Waals surface area contributed by atoms with Gasteiger partial charge in [0.2, 0.25) is 11.8 Å². The number of hydrogen-bond acceptors (Lipinski definition) is 8. The van der Waals surface area contributed by atoms with Crippen molar-refractivity contribution in [2.45, 2.75) is 168 Å². The van der Waals surface area contributed by atoms with Gasteiger partial charge >= 0.3 is 11.9 Å². The number of hydrogen-bond donors (Lipinski definition) is 2. The van der Waals surface area contributed by atoms with Crippen LogP contribution < -0.4 is 10.6 Å². The van der Waals surface area contributed by atoms with Crippen molar-refractivity contribution < 1.29 is 38.1 Å². The van der Waals surface area contributed by atoms with Crippen LogP contribution in [0.4, 0.5) is 0 Å². The van der Waals surface area contributed by atoms with Crippen molar-refractivity contribution in [2.75, 3.05) is 13.2 Å². The molecule has 254 valence electrons. The van der Waals surface area contributed by atoms with Gasteiger partial charge in [0.15, 0.2) is 12.2 Å². The number of ether oxygens (including phenoxy) is 4. The molecule has 2 aliphatic rings. The molecule has 0 saturated carbocycles. The summed E-state index contributed by atoms with van der Waals surface area (Å²) in [7, 11) is 0. The maximum absolute atomic E-state index is 13.2. The molecule has 0 aromatic carbocycles. The number of rotatable bonds is 22. The van der Waals surface area contributed by atoms with Crippen LogP contribution in [-0.4, -0.2) is 73.5 Å². The summed E-state index contributed by atoms with van der Waals surface area (Å²) in [5.41, 5.74) is 0. The Morgan fingerprint density at radius 2 is 0.977 bits per heavy atom.